The number of hydrogen-bond acceptors (Lipinski definition) is 7. The van der Waals surface area contributed by atoms with Gasteiger partial charge < -0.3 is 19.5 Å². The molecule has 0 spiro atoms. The van der Waals surface area contributed by atoms with Crippen LogP contribution in [0.3, 0.4) is 0 Å². The normalized spacial score (nSPS) is 20.0. The summed E-state index contributed by atoms with van der Waals surface area (Å²) >= 11 is 0. The van der Waals surface area contributed by atoms with E-state index in [-0.39, 0.29) is 35.7 Å². The number of amides is 1. The number of H-pyrrole nitrogens is 1. The maximum atomic E-state index is 13.2. The van der Waals surface area contributed by atoms with E-state index in [0.29, 0.717) is 36.7 Å². The lowest BCUT2D eigenvalue weighted by molar-refractivity contribution is 0.0729. The van der Waals surface area contributed by atoms with Gasteiger partial charge in [0.25, 0.3) is 5.91 Å². The summed E-state index contributed by atoms with van der Waals surface area (Å²) in [5.74, 6) is -0.0377. The van der Waals surface area contributed by atoms with Crippen molar-refractivity contribution in [1.29, 1.82) is 0 Å². The van der Waals surface area contributed by atoms with Crippen LogP contribution in [0.4, 0.5) is 0 Å². The highest BCUT2D eigenvalue weighted by Gasteiger charge is 2.30. The first-order valence-electron chi connectivity index (χ1n) is 10.2. The van der Waals surface area contributed by atoms with E-state index in [1.807, 2.05) is 0 Å². The number of sulfonamides is 1. The smallest absolute Gasteiger partial charge is 0.269 e. The van der Waals surface area contributed by atoms with Gasteiger partial charge >= 0.3 is 0 Å². The highest BCUT2D eigenvalue weighted by atomic mass is 32.2. The molecule has 168 valence electrons. The van der Waals surface area contributed by atoms with Gasteiger partial charge in [0.1, 0.15) is 16.3 Å². The summed E-state index contributed by atoms with van der Waals surface area (Å²) in [6.45, 7) is 2.44. The molecule has 31 heavy (non-hydrogen) atoms. The van der Waals surface area contributed by atoms with Crippen LogP contribution in [0.2, 0.25) is 0 Å². The van der Waals surface area contributed by atoms with Gasteiger partial charge in [-0.1, -0.05) is 0 Å². The monoisotopic (exact) mass is 450 g/mol. The maximum absolute atomic E-state index is 13.2. The standard InChI is InChI=1S/C20H26N4O6S/c1-28-18-5-4-14(11-19(18)31(26,27)24-6-9-29-10-7-24)16-12-17(23-22-16)20(25)21-13-15-3-2-8-30-15/h4-5,11-12,15H,2-3,6-10,13H2,1H3,(H,21,25)(H,22,23)/t15-/m1/s1. The Morgan fingerprint density at radius 1 is 1.29 bits per heavy atom. The molecule has 2 aromatic rings. The van der Waals surface area contributed by atoms with E-state index in [4.69, 9.17) is 14.2 Å². The van der Waals surface area contributed by atoms with Crippen LogP contribution in [0.5, 0.6) is 5.75 Å². The van der Waals surface area contributed by atoms with Gasteiger partial charge in [-0.2, -0.15) is 9.40 Å². The molecule has 1 aromatic carbocycles. The van der Waals surface area contributed by atoms with E-state index < -0.39 is 10.0 Å². The molecule has 0 saturated carbocycles. The fraction of sp³-hybridized carbons (Fsp3) is 0.500. The first-order chi connectivity index (χ1) is 15.0. The summed E-state index contributed by atoms with van der Waals surface area (Å²) < 4.78 is 43.8. The predicted octanol–water partition coefficient (Wildman–Crippen LogP) is 1.02. The van der Waals surface area contributed by atoms with Crippen LogP contribution >= 0.6 is 0 Å². The van der Waals surface area contributed by atoms with Crippen LogP contribution in [-0.2, 0) is 19.5 Å². The summed E-state index contributed by atoms with van der Waals surface area (Å²) in [5.41, 5.74) is 1.31. The molecular formula is C20H26N4O6S. The summed E-state index contributed by atoms with van der Waals surface area (Å²) in [6, 6.07) is 6.42. The highest BCUT2D eigenvalue weighted by molar-refractivity contribution is 7.89. The molecule has 2 N–H and O–H groups in total. The zero-order chi connectivity index (χ0) is 21.8. The number of carbonyl (C=O) groups excluding carboxylic acids is 1. The number of carbonyl (C=O) groups is 1. The molecule has 2 aliphatic rings. The van der Waals surface area contributed by atoms with Gasteiger partial charge in [0.05, 0.1) is 32.1 Å². The van der Waals surface area contributed by atoms with Crippen LogP contribution in [0.25, 0.3) is 11.3 Å². The second kappa shape index (κ2) is 9.35. The number of hydrogen-bond donors (Lipinski definition) is 2. The molecule has 0 radical (unpaired) electrons. The predicted molar refractivity (Wildman–Crippen MR) is 111 cm³/mol. The Hall–Kier alpha value is -2.47. The Morgan fingerprint density at radius 3 is 2.81 bits per heavy atom. The van der Waals surface area contributed by atoms with Gasteiger partial charge in [0.15, 0.2) is 0 Å². The van der Waals surface area contributed by atoms with Crippen molar-refractivity contribution < 1.29 is 27.4 Å². The Bertz CT molecular complexity index is 1030. The minimum absolute atomic E-state index is 0.0425. The van der Waals surface area contributed by atoms with Crippen molar-refractivity contribution in [3.8, 4) is 17.0 Å². The molecule has 0 bridgehead atoms. The van der Waals surface area contributed by atoms with Crippen molar-refractivity contribution >= 4 is 15.9 Å². The fourth-order valence-corrected chi connectivity index (χ4v) is 5.25. The summed E-state index contributed by atoms with van der Waals surface area (Å²) in [7, 11) is -2.34. The number of nitrogens with zero attached hydrogens (tertiary/aromatic N) is 2. The molecular weight excluding hydrogens is 424 g/mol. The number of ether oxygens (including phenoxy) is 3. The molecule has 1 atom stereocenters. The number of aromatic nitrogens is 2. The molecule has 0 aliphatic carbocycles. The zero-order valence-electron chi connectivity index (χ0n) is 17.3. The first-order valence-corrected chi connectivity index (χ1v) is 11.6. The number of nitrogens with one attached hydrogen (secondary N) is 2. The Kier molecular flexibility index (Phi) is 6.56. The Morgan fingerprint density at radius 2 is 2.10 bits per heavy atom. The molecule has 1 aromatic heterocycles. The SMILES string of the molecule is COc1ccc(-c2cc(C(=O)NC[C@H]3CCCO3)[nH]n2)cc1S(=O)(=O)N1CCOCC1. The van der Waals surface area contributed by atoms with Crippen molar-refractivity contribution in [3.05, 3.63) is 30.0 Å². The van der Waals surface area contributed by atoms with E-state index in [2.05, 4.69) is 15.5 Å². The van der Waals surface area contributed by atoms with Gasteiger partial charge in [-0.05, 0) is 37.1 Å². The largest absolute Gasteiger partial charge is 0.495 e. The van der Waals surface area contributed by atoms with E-state index in [1.54, 1.807) is 18.2 Å². The van der Waals surface area contributed by atoms with Crippen LogP contribution < -0.4 is 10.1 Å². The lowest BCUT2D eigenvalue weighted by Crippen LogP contribution is -2.40. The molecule has 2 saturated heterocycles. The quantitative estimate of drug-likeness (QED) is 0.645. The van der Waals surface area contributed by atoms with Crippen molar-refractivity contribution in [3.63, 3.8) is 0 Å². The van der Waals surface area contributed by atoms with Crippen molar-refractivity contribution in [2.75, 3.05) is 46.6 Å². The first kappa shape index (κ1) is 21.8. The van der Waals surface area contributed by atoms with E-state index in [1.165, 1.54) is 17.5 Å². The Labute approximate surface area is 180 Å². The molecule has 2 aliphatic heterocycles. The number of rotatable bonds is 7. The molecule has 1 amide bonds. The second-order valence-corrected chi connectivity index (χ2v) is 9.30. The van der Waals surface area contributed by atoms with Gasteiger partial charge in [0.2, 0.25) is 10.0 Å². The van der Waals surface area contributed by atoms with Gasteiger partial charge in [-0.25, -0.2) is 8.42 Å². The van der Waals surface area contributed by atoms with E-state index in [0.717, 1.165) is 19.4 Å². The third kappa shape index (κ3) is 4.74. The second-order valence-electron chi connectivity index (χ2n) is 7.39. The Balaban J connectivity index is 1.55. The zero-order valence-corrected chi connectivity index (χ0v) is 18.1. The minimum Gasteiger partial charge on any atom is -0.495 e. The summed E-state index contributed by atoms with van der Waals surface area (Å²) in [5, 5.41) is 9.74. The molecule has 3 heterocycles. The third-order valence-corrected chi connectivity index (χ3v) is 7.30. The fourth-order valence-electron chi connectivity index (χ4n) is 3.66. The number of aromatic amines is 1. The van der Waals surface area contributed by atoms with Crippen molar-refractivity contribution in [2.24, 2.45) is 0 Å². The number of morpholine rings is 1. The lowest BCUT2D eigenvalue weighted by Gasteiger charge is -2.26. The van der Waals surface area contributed by atoms with E-state index in [9.17, 15) is 13.2 Å². The van der Waals surface area contributed by atoms with Crippen LogP contribution in [0.1, 0.15) is 23.3 Å². The van der Waals surface area contributed by atoms with Gasteiger partial charge in [-0.3, -0.25) is 9.89 Å². The highest BCUT2D eigenvalue weighted by Crippen LogP contribution is 2.31. The summed E-state index contributed by atoms with van der Waals surface area (Å²) in [4.78, 5) is 12.5. The van der Waals surface area contributed by atoms with Crippen molar-refractivity contribution in [2.45, 2.75) is 23.8 Å². The van der Waals surface area contributed by atoms with Crippen LogP contribution in [0, 0.1) is 0 Å². The van der Waals surface area contributed by atoms with Crippen LogP contribution in [-0.4, -0.2) is 81.5 Å². The van der Waals surface area contributed by atoms with E-state index >= 15 is 0 Å². The van der Waals surface area contributed by atoms with Crippen LogP contribution in [0.15, 0.2) is 29.2 Å². The average Bonchev–Trinajstić information content (AvgIpc) is 3.50. The van der Waals surface area contributed by atoms with Crippen molar-refractivity contribution in [1.82, 2.24) is 19.8 Å². The topological polar surface area (TPSA) is 123 Å². The lowest BCUT2D eigenvalue weighted by atomic mass is 10.1. The molecule has 11 heteroatoms. The van der Waals surface area contributed by atoms with Gasteiger partial charge in [-0.15, -0.1) is 0 Å². The maximum Gasteiger partial charge on any atom is 0.269 e. The third-order valence-electron chi connectivity index (χ3n) is 5.38. The molecule has 0 unspecified atom stereocenters. The molecule has 4 rings (SSSR count). The number of methoxy groups -OCH3 is 1. The average molecular weight is 451 g/mol. The van der Waals surface area contributed by atoms with Gasteiger partial charge in [0, 0.05) is 31.8 Å². The minimum atomic E-state index is -3.77. The summed E-state index contributed by atoms with van der Waals surface area (Å²) in [6.07, 6.45) is 1.98. The molecule has 10 nitrogen and oxygen atoms in total. The number of benzene rings is 1. The molecule has 2 fully saturated rings.